The van der Waals surface area contributed by atoms with Crippen LogP contribution in [0.15, 0.2) is 23.7 Å². The Morgan fingerprint density at radius 3 is 3.07 bits per heavy atom. The second kappa shape index (κ2) is 3.88. The minimum absolute atomic E-state index is 0.359. The van der Waals surface area contributed by atoms with E-state index in [0.717, 1.165) is 10.1 Å². The van der Waals surface area contributed by atoms with Gasteiger partial charge in [0.15, 0.2) is 0 Å². The molecule has 0 saturated heterocycles. The average molecular weight is 214 g/mol. The summed E-state index contributed by atoms with van der Waals surface area (Å²) < 4.78 is 25.0. The van der Waals surface area contributed by atoms with Gasteiger partial charge in [0.05, 0.1) is 6.54 Å². The van der Waals surface area contributed by atoms with E-state index in [1.165, 1.54) is 0 Å². The molecule has 2 aromatic rings. The van der Waals surface area contributed by atoms with Gasteiger partial charge >= 0.3 is 0 Å². The molecule has 5 heteroatoms. The number of hydrogen-bond donors (Lipinski definition) is 1. The lowest BCUT2D eigenvalue weighted by Crippen LogP contribution is -2.11. The van der Waals surface area contributed by atoms with E-state index in [-0.39, 0.29) is 6.54 Å². The third-order valence-corrected chi connectivity index (χ3v) is 2.69. The van der Waals surface area contributed by atoms with Crippen molar-refractivity contribution in [2.75, 3.05) is 11.9 Å². The molecule has 0 amide bonds. The van der Waals surface area contributed by atoms with Gasteiger partial charge in [0, 0.05) is 16.3 Å². The first-order valence-electron chi connectivity index (χ1n) is 4.11. The van der Waals surface area contributed by atoms with Crippen molar-refractivity contribution in [1.29, 1.82) is 0 Å². The van der Waals surface area contributed by atoms with Crippen molar-refractivity contribution in [2.45, 2.75) is 6.43 Å². The van der Waals surface area contributed by atoms with Crippen molar-refractivity contribution in [2.24, 2.45) is 0 Å². The molecule has 2 heterocycles. The number of halogens is 2. The Morgan fingerprint density at radius 2 is 2.29 bits per heavy atom. The Hall–Kier alpha value is -1.23. The molecule has 0 fully saturated rings. The Labute approximate surface area is 83.6 Å². The molecule has 0 aliphatic rings. The topological polar surface area (TPSA) is 24.9 Å². The highest BCUT2D eigenvalue weighted by Gasteiger charge is 2.05. The van der Waals surface area contributed by atoms with Gasteiger partial charge in [-0.05, 0) is 17.5 Å². The number of fused-ring (bicyclic) bond motifs is 1. The van der Waals surface area contributed by atoms with E-state index in [4.69, 9.17) is 0 Å². The number of anilines is 1. The van der Waals surface area contributed by atoms with E-state index in [1.54, 1.807) is 17.5 Å². The summed E-state index contributed by atoms with van der Waals surface area (Å²) in [7, 11) is 0. The maximum atomic E-state index is 12.0. The first kappa shape index (κ1) is 9.33. The van der Waals surface area contributed by atoms with E-state index in [2.05, 4.69) is 10.3 Å². The minimum atomic E-state index is -2.36. The van der Waals surface area contributed by atoms with E-state index in [1.807, 2.05) is 17.5 Å². The first-order chi connectivity index (χ1) is 6.77. The van der Waals surface area contributed by atoms with Gasteiger partial charge in [-0.3, -0.25) is 0 Å². The van der Waals surface area contributed by atoms with Crippen LogP contribution in [0.3, 0.4) is 0 Å². The van der Waals surface area contributed by atoms with Crippen LogP contribution in [0.4, 0.5) is 14.6 Å². The van der Waals surface area contributed by atoms with Crippen molar-refractivity contribution in [3.63, 3.8) is 0 Å². The van der Waals surface area contributed by atoms with Gasteiger partial charge < -0.3 is 5.32 Å². The molecule has 0 aliphatic heterocycles. The highest BCUT2D eigenvalue weighted by Crippen LogP contribution is 2.25. The van der Waals surface area contributed by atoms with E-state index in [0.29, 0.717) is 5.82 Å². The molecular formula is C9H8F2N2S. The number of pyridine rings is 1. The summed E-state index contributed by atoms with van der Waals surface area (Å²) in [6.45, 7) is -0.359. The van der Waals surface area contributed by atoms with E-state index in [9.17, 15) is 8.78 Å². The fourth-order valence-electron chi connectivity index (χ4n) is 1.21. The van der Waals surface area contributed by atoms with Crippen LogP contribution in [0, 0.1) is 0 Å². The number of rotatable bonds is 3. The summed E-state index contributed by atoms with van der Waals surface area (Å²) in [5.41, 5.74) is 0. The second-order valence-corrected chi connectivity index (χ2v) is 3.71. The van der Waals surface area contributed by atoms with Crippen molar-refractivity contribution < 1.29 is 8.78 Å². The highest BCUT2D eigenvalue weighted by molar-refractivity contribution is 7.17. The third-order valence-electron chi connectivity index (χ3n) is 1.80. The van der Waals surface area contributed by atoms with Crippen molar-refractivity contribution in [3.05, 3.63) is 23.7 Å². The predicted molar refractivity (Wildman–Crippen MR) is 54.1 cm³/mol. The lowest BCUT2D eigenvalue weighted by atomic mass is 10.3. The van der Waals surface area contributed by atoms with Crippen LogP contribution >= 0.6 is 11.3 Å². The number of nitrogens with one attached hydrogen (secondary N) is 1. The highest BCUT2D eigenvalue weighted by atomic mass is 32.1. The maximum Gasteiger partial charge on any atom is 0.255 e. The van der Waals surface area contributed by atoms with Gasteiger partial charge in [-0.25, -0.2) is 13.8 Å². The van der Waals surface area contributed by atoms with Crippen LogP contribution in [0.2, 0.25) is 0 Å². The van der Waals surface area contributed by atoms with Crippen LogP contribution in [-0.4, -0.2) is 18.0 Å². The lowest BCUT2D eigenvalue weighted by molar-refractivity contribution is 0.163. The standard InChI is InChI=1S/C9H8F2N2S/c10-8(11)5-13-9-6-2-4-14-7(6)1-3-12-9/h1-4,8H,5H2,(H,12,13). The molecular weight excluding hydrogens is 206 g/mol. The van der Waals surface area contributed by atoms with Crippen LogP contribution in [-0.2, 0) is 0 Å². The summed E-state index contributed by atoms with van der Waals surface area (Å²) in [4.78, 5) is 4.01. The number of thiophene rings is 1. The Kier molecular flexibility index (Phi) is 2.58. The molecule has 74 valence electrons. The predicted octanol–water partition coefficient (Wildman–Crippen LogP) is 2.97. The minimum Gasteiger partial charge on any atom is -0.364 e. The molecule has 0 saturated carbocycles. The largest absolute Gasteiger partial charge is 0.364 e. The molecule has 2 aromatic heterocycles. The Morgan fingerprint density at radius 1 is 1.43 bits per heavy atom. The smallest absolute Gasteiger partial charge is 0.255 e. The molecule has 1 N–H and O–H groups in total. The number of nitrogens with zero attached hydrogens (tertiary/aromatic N) is 1. The molecule has 0 spiro atoms. The van der Waals surface area contributed by atoms with Gasteiger partial charge in [-0.15, -0.1) is 11.3 Å². The molecule has 0 unspecified atom stereocenters. The van der Waals surface area contributed by atoms with Crippen LogP contribution in [0.5, 0.6) is 0 Å². The Bertz CT molecular complexity index is 427. The van der Waals surface area contributed by atoms with Gasteiger partial charge in [0.2, 0.25) is 0 Å². The van der Waals surface area contributed by atoms with E-state index < -0.39 is 6.43 Å². The molecule has 0 aromatic carbocycles. The monoisotopic (exact) mass is 214 g/mol. The first-order valence-corrected chi connectivity index (χ1v) is 4.99. The van der Waals surface area contributed by atoms with Gasteiger partial charge in [-0.1, -0.05) is 0 Å². The number of aromatic nitrogens is 1. The summed E-state index contributed by atoms with van der Waals surface area (Å²) >= 11 is 1.57. The van der Waals surface area contributed by atoms with Crippen molar-refractivity contribution in [1.82, 2.24) is 4.98 Å². The quantitative estimate of drug-likeness (QED) is 0.849. The molecule has 2 nitrogen and oxygen atoms in total. The molecule has 0 bridgehead atoms. The zero-order valence-corrected chi connectivity index (χ0v) is 8.02. The third kappa shape index (κ3) is 1.82. The maximum absolute atomic E-state index is 12.0. The van der Waals surface area contributed by atoms with Gasteiger partial charge in [0.1, 0.15) is 5.82 Å². The Balaban J connectivity index is 2.27. The van der Waals surface area contributed by atoms with E-state index >= 15 is 0 Å². The molecule has 0 aliphatic carbocycles. The molecule has 14 heavy (non-hydrogen) atoms. The van der Waals surface area contributed by atoms with Crippen LogP contribution in [0.25, 0.3) is 10.1 Å². The average Bonchev–Trinajstić information content (AvgIpc) is 2.62. The SMILES string of the molecule is FC(F)CNc1nccc2sccc12. The molecule has 0 atom stereocenters. The lowest BCUT2D eigenvalue weighted by Gasteiger charge is -2.05. The molecule has 2 rings (SSSR count). The summed E-state index contributed by atoms with van der Waals surface area (Å²) in [6, 6.07) is 3.74. The fourth-order valence-corrected chi connectivity index (χ4v) is 1.99. The zero-order chi connectivity index (χ0) is 9.97. The van der Waals surface area contributed by atoms with Crippen LogP contribution < -0.4 is 5.32 Å². The van der Waals surface area contributed by atoms with Gasteiger partial charge in [0.25, 0.3) is 6.43 Å². The normalized spacial score (nSPS) is 11.1. The molecule has 0 radical (unpaired) electrons. The van der Waals surface area contributed by atoms with Crippen molar-refractivity contribution >= 4 is 27.2 Å². The second-order valence-electron chi connectivity index (χ2n) is 2.76. The van der Waals surface area contributed by atoms with Crippen molar-refractivity contribution in [3.8, 4) is 0 Å². The fraction of sp³-hybridized carbons (Fsp3) is 0.222. The summed E-state index contributed by atoms with van der Waals surface area (Å²) in [5, 5.41) is 5.44. The zero-order valence-electron chi connectivity index (χ0n) is 7.21. The number of hydrogen-bond acceptors (Lipinski definition) is 3. The van der Waals surface area contributed by atoms with Crippen LogP contribution in [0.1, 0.15) is 0 Å². The summed E-state index contributed by atoms with van der Waals surface area (Å²) in [5.74, 6) is 0.532. The summed E-state index contributed by atoms with van der Waals surface area (Å²) in [6.07, 6.45) is -0.738. The van der Waals surface area contributed by atoms with Gasteiger partial charge in [-0.2, -0.15) is 0 Å². The number of alkyl halides is 2.